The minimum atomic E-state index is 0.0441. The number of carbonyl (C=O) groups excluding carboxylic acids is 1. The van der Waals surface area contributed by atoms with E-state index in [4.69, 9.17) is 0 Å². The second-order valence-corrected chi connectivity index (χ2v) is 6.17. The fourth-order valence-corrected chi connectivity index (χ4v) is 3.62. The van der Waals surface area contributed by atoms with Crippen LogP contribution in [0.15, 0.2) is 78.4 Å². The first-order valence-electron chi connectivity index (χ1n) is 8.29. The first-order chi connectivity index (χ1) is 11.8. The predicted molar refractivity (Wildman–Crippen MR) is 99.5 cm³/mol. The Bertz CT molecular complexity index is 874. The summed E-state index contributed by atoms with van der Waals surface area (Å²) >= 11 is 0. The number of fused-ring (bicyclic) bond motifs is 2. The maximum atomic E-state index is 12.5. The summed E-state index contributed by atoms with van der Waals surface area (Å²) in [6, 6.07) is 18.6. The first kappa shape index (κ1) is 14.7. The van der Waals surface area contributed by atoms with Gasteiger partial charge in [0.1, 0.15) is 0 Å². The second kappa shape index (κ2) is 5.97. The average Bonchev–Trinajstić information content (AvgIpc) is 2.77. The van der Waals surface area contributed by atoms with Crippen LogP contribution in [0.3, 0.4) is 0 Å². The summed E-state index contributed by atoms with van der Waals surface area (Å²) in [5.41, 5.74) is 5.66. The largest absolute Gasteiger partial charge is 0.304 e. The summed E-state index contributed by atoms with van der Waals surface area (Å²) in [7, 11) is 0. The van der Waals surface area contributed by atoms with E-state index < -0.39 is 0 Å². The standard InChI is InChI=1S/C22H19NO/c1-16(24)23-21-13-7-5-11-18(21)15-20(17-9-3-2-4-10-17)19-12-6-8-14-22(19)23/h2-13,15,22H,14H2,1H3. The molecular weight excluding hydrogens is 294 g/mol. The van der Waals surface area contributed by atoms with Gasteiger partial charge in [-0.25, -0.2) is 0 Å². The van der Waals surface area contributed by atoms with Gasteiger partial charge in [-0.05, 0) is 40.8 Å². The van der Waals surface area contributed by atoms with Crippen LogP contribution in [-0.2, 0) is 4.79 Å². The van der Waals surface area contributed by atoms with Gasteiger partial charge in [-0.15, -0.1) is 0 Å². The molecule has 2 aliphatic rings. The SMILES string of the molecule is CC(=O)N1c2ccccc2C=C(c2ccccc2)C2=CC=CCC21. The molecule has 1 aliphatic heterocycles. The van der Waals surface area contributed by atoms with E-state index in [0.717, 1.165) is 17.7 Å². The van der Waals surface area contributed by atoms with Crippen LogP contribution in [0.4, 0.5) is 5.69 Å². The zero-order valence-electron chi connectivity index (χ0n) is 13.6. The fraction of sp³-hybridized carbons (Fsp3) is 0.136. The van der Waals surface area contributed by atoms with Crippen molar-refractivity contribution < 1.29 is 4.79 Å². The van der Waals surface area contributed by atoms with E-state index in [9.17, 15) is 4.79 Å². The third kappa shape index (κ3) is 2.41. The highest BCUT2D eigenvalue weighted by Gasteiger charge is 2.32. The molecule has 0 spiro atoms. The zero-order chi connectivity index (χ0) is 16.5. The summed E-state index contributed by atoms with van der Waals surface area (Å²) in [6.45, 7) is 1.65. The molecule has 0 radical (unpaired) electrons. The smallest absolute Gasteiger partial charge is 0.224 e. The Morgan fingerprint density at radius 1 is 1.04 bits per heavy atom. The number of allylic oxidation sites excluding steroid dienone is 2. The third-order valence-electron chi connectivity index (χ3n) is 4.67. The van der Waals surface area contributed by atoms with E-state index in [1.165, 1.54) is 16.7 Å². The van der Waals surface area contributed by atoms with Gasteiger partial charge in [0.2, 0.25) is 5.91 Å². The van der Waals surface area contributed by atoms with E-state index in [0.29, 0.717) is 0 Å². The van der Waals surface area contributed by atoms with Crippen molar-refractivity contribution in [3.05, 3.63) is 89.5 Å². The monoisotopic (exact) mass is 313 g/mol. The van der Waals surface area contributed by atoms with E-state index in [1.807, 2.05) is 29.2 Å². The van der Waals surface area contributed by atoms with Crippen molar-refractivity contribution in [2.75, 3.05) is 4.90 Å². The molecule has 1 amide bonds. The Balaban J connectivity index is 1.98. The lowest BCUT2D eigenvalue weighted by atomic mass is 9.87. The van der Waals surface area contributed by atoms with Crippen LogP contribution in [0.2, 0.25) is 0 Å². The van der Waals surface area contributed by atoms with Gasteiger partial charge < -0.3 is 4.90 Å². The molecule has 0 N–H and O–H groups in total. The summed E-state index contributed by atoms with van der Waals surface area (Å²) in [6.07, 6.45) is 9.43. The Morgan fingerprint density at radius 3 is 2.58 bits per heavy atom. The van der Waals surface area contributed by atoms with Crippen molar-refractivity contribution in [2.24, 2.45) is 0 Å². The molecule has 0 bridgehead atoms. The molecule has 1 heterocycles. The summed E-state index contributed by atoms with van der Waals surface area (Å²) in [4.78, 5) is 14.4. The average molecular weight is 313 g/mol. The maximum absolute atomic E-state index is 12.5. The number of para-hydroxylation sites is 1. The summed E-state index contributed by atoms with van der Waals surface area (Å²) in [5, 5.41) is 0. The number of hydrogen-bond acceptors (Lipinski definition) is 1. The van der Waals surface area contributed by atoms with Gasteiger partial charge in [-0.3, -0.25) is 4.79 Å². The highest BCUT2D eigenvalue weighted by atomic mass is 16.2. The van der Waals surface area contributed by atoms with Gasteiger partial charge in [0.05, 0.1) is 11.7 Å². The van der Waals surface area contributed by atoms with Crippen molar-refractivity contribution >= 4 is 23.2 Å². The van der Waals surface area contributed by atoms with Crippen LogP contribution in [0.25, 0.3) is 11.6 Å². The summed E-state index contributed by atoms with van der Waals surface area (Å²) in [5.74, 6) is 0.0800. The Labute approximate surface area is 142 Å². The number of hydrogen-bond donors (Lipinski definition) is 0. The lowest BCUT2D eigenvalue weighted by Gasteiger charge is -2.33. The van der Waals surface area contributed by atoms with Gasteiger partial charge in [0.15, 0.2) is 0 Å². The van der Waals surface area contributed by atoms with E-state index in [-0.39, 0.29) is 11.9 Å². The second-order valence-electron chi connectivity index (χ2n) is 6.17. The number of nitrogens with zero attached hydrogens (tertiary/aromatic N) is 1. The molecule has 118 valence electrons. The fourth-order valence-electron chi connectivity index (χ4n) is 3.62. The van der Waals surface area contributed by atoms with Crippen LogP contribution in [0, 0.1) is 0 Å². The van der Waals surface area contributed by atoms with Crippen molar-refractivity contribution in [3.8, 4) is 0 Å². The van der Waals surface area contributed by atoms with Crippen molar-refractivity contribution in [3.63, 3.8) is 0 Å². The van der Waals surface area contributed by atoms with Crippen molar-refractivity contribution in [1.82, 2.24) is 0 Å². The molecule has 24 heavy (non-hydrogen) atoms. The number of carbonyl (C=O) groups is 1. The van der Waals surface area contributed by atoms with Crippen LogP contribution in [-0.4, -0.2) is 11.9 Å². The Hall–Kier alpha value is -2.87. The number of anilines is 1. The molecule has 0 saturated carbocycles. The van der Waals surface area contributed by atoms with E-state index in [2.05, 4.69) is 54.6 Å². The van der Waals surface area contributed by atoms with E-state index >= 15 is 0 Å². The molecule has 2 nitrogen and oxygen atoms in total. The molecule has 0 saturated heterocycles. The molecule has 4 rings (SSSR count). The lowest BCUT2D eigenvalue weighted by molar-refractivity contribution is -0.116. The molecule has 2 heteroatoms. The van der Waals surface area contributed by atoms with Gasteiger partial charge in [0.25, 0.3) is 0 Å². The molecule has 1 atom stereocenters. The molecular formula is C22H19NO. The molecule has 1 unspecified atom stereocenters. The van der Waals surface area contributed by atoms with Gasteiger partial charge in [-0.1, -0.05) is 66.8 Å². The van der Waals surface area contributed by atoms with Crippen molar-refractivity contribution in [2.45, 2.75) is 19.4 Å². The number of benzene rings is 2. The van der Waals surface area contributed by atoms with Crippen LogP contribution < -0.4 is 4.90 Å². The first-order valence-corrected chi connectivity index (χ1v) is 8.29. The molecule has 1 aliphatic carbocycles. The zero-order valence-corrected chi connectivity index (χ0v) is 13.6. The minimum absolute atomic E-state index is 0.0441. The maximum Gasteiger partial charge on any atom is 0.224 e. The van der Waals surface area contributed by atoms with Crippen molar-refractivity contribution in [1.29, 1.82) is 0 Å². The van der Waals surface area contributed by atoms with Crippen LogP contribution >= 0.6 is 0 Å². The van der Waals surface area contributed by atoms with Crippen LogP contribution in [0.1, 0.15) is 24.5 Å². The minimum Gasteiger partial charge on any atom is -0.304 e. The number of rotatable bonds is 1. The third-order valence-corrected chi connectivity index (χ3v) is 4.67. The highest BCUT2D eigenvalue weighted by Crippen LogP contribution is 2.40. The van der Waals surface area contributed by atoms with Gasteiger partial charge >= 0.3 is 0 Å². The predicted octanol–water partition coefficient (Wildman–Crippen LogP) is 4.85. The molecule has 0 fully saturated rings. The quantitative estimate of drug-likeness (QED) is 0.737. The Morgan fingerprint density at radius 2 is 1.79 bits per heavy atom. The normalized spacial score (nSPS) is 18.9. The van der Waals surface area contributed by atoms with Gasteiger partial charge in [0, 0.05) is 6.92 Å². The molecule has 2 aromatic rings. The van der Waals surface area contributed by atoms with Gasteiger partial charge in [-0.2, -0.15) is 0 Å². The molecule has 2 aromatic carbocycles. The lowest BCUT2D eigenvalue weighted by Crippen LogP contribution is -2.40. The number of amides is 1. The van der Waals surface area contributed by atoms with Crippen LogP contribution in [0.5, 0.6) is 0 Å². The Kier molecular flexibility index (Phi) is 3.66. The highest BCUT2D eigenvalue weighted by molar-refractivity contribution is 6.03. The van der Waals surface area contributed by atoms with E-state index in [1.54, 1.807) is 6.92 Å². The topological polar surface area (TPSA) is 20.3 Å². The summed E-state index contributed by atoms with van der Waals surface area (Å²) < 4.78 is 0. The molecule has 0 aromatic heterocycles.